The van der Waals surface area contributed by atoms with Crippen LogP contribution in [0.2, 0.25) is 0 Å². The van der Waals surface area contributed by atoms with E-state index in [1.165, 1.54) is 50.9 Å². The lowest BCUT2D eigenvalue weighted by Crippen LogP contribution is -2.49. The number of hydrogen-bond donors (Lipinski definition) is 3. The van der Waals surface area contributed by atoms with Gasteiger partial charge in [0.25, 0.3) is 0 Å². The Hall–Kier alpha value is -3.73. The first kappa shape index (κ1) is 28.1. The van der Waals surface area contributed by atoms with E-state index in [0.717, 1.165) is 37.1 Å². The van der Waals surface area contributed by atoms with Crippen molar-refractivity contribution in [3.63, 3.8) is 0 Å². The zero-order valence-electron chi connectivity index (χ0n) is 24.9. The Morgan fingerprint density at radius 2 is 1.70 bits per heavy atom. The highest BCUT2D eigenvalue weighted by atomic mass is 16.5. The fourth-order valence-electron chi connectivity index (χ4n) is 7.28. The average Bonchev–Trinajstić information content (AvgIpc) is 3.62. The highest BCUT2D eigenvalue weighted by molar-refractivity contribution is 6.26. The van der Waals surface area contributed by atoms with E-state index in [1.807, 2.05) is 24.2 Å². The normalized spacial score (nSPS) is 19.9. The molecule has 43 heavy (non-hydrogen) atoms. The summed E-state index contributed by atoms with van der Waals surface area (Å²) in [6.45, 7) is 6.03. The number of carbonyl (C=O) groups excluding carboxylic acids is 2. The molecule has 3 N–H and O–H groups in total. The van der Waals surface area contributed by atoms with E-state index in [-0.39, 0.29) is 17.9 Å². The maximum absolute atomic E-state index is 13.8. The average molecular weight is 584 g/mol. The van der Waals surface area contributed by atoms with Gasteiger partial charge in [-0.2, -0.15) is 5.10 Å². The SMILES string of the molecule is CN(NC(=O)Nc1cccc2c1C(=O)c1c(-c3ccc(N4CCC(N5CCCCC5)CC4)cc3)n[nH]c1-2)C1CCOCC1. The molecule has 0 spiro atoms. The third-order valence-corrected chi connectivity index (χ3v) is 9.70. The molecule has 3 aliphatic heterocycles. The smallest absolute Gasteiger partial charge is 0.333 e. The lowest BCUT2D eigenvalue weighted by molar-refractivity contribution is 0.0312. The highest BCUT2D eigenvalue weighted by Gasteiger charge is 2.35. The molecular formula is C33H41N7O3. The predicted molar refractivity (Wildman–Crippen MR) is 167 cm³/mol. The quantitative estimate of drug-likeness (QED) is 0.278. The Morgan fingerprint density at radius 1 is 0.953 bits per heavy atom. The number of ketones is 1. The number of hydrazine groups is 1. The molecule has 1 aromatic heterocycles. The number of nitrogens with one attached hydrogen (secondary N) is 3. The summed E-state index contributed by atoms with van der Waals surface area (Å²) in [4.78, 5) is 31.9. The number of carbonyl (C=O) groups is 2. The van der Waals surface area contributed by atoms with Gasteiger partial charge in [-0.25, -0.2) is 9.80 Å². The number of urea groups is 1. The second-order valence-corrected chi connectivity index (χ2v) is 12.3. The first-order valence-corrected chi connectivity index (χ1v) is 15.8. The molecule has 2 aromatic carbocycles. The van der Waals surface area contributed by atoms with Gasteiger partial charge in [0.15, 0.2) is 5.78 Å². The molecule has 3 saturated heterocycles. The number of aromatic nitrogens is 2. The van der Waals surface area contributed by atoms with E-state index >= 15 is 0 Å². The molecule has 7 rings (SSSR count). The van der Waals surface area contributed by atoms with Crippen molar-refractivity contribution in [1.82, 2.24) is 25.5 Å². The van der Waals surface area contributed by atoms with Crippen molar-refractivity contribution in [1.29, 1.82) is 0 Å². The molecule has 2 amide bonds. The molecule has 4 aliphatic rings. The number of benzene rings is 2. The van der Waals surface area contributed by atoms with Gasteiger partial charge >= 0.3 is 6.03 Å². The molecule has 226 valence electrons. The lowest BCUT2D eigenvalue weighted by atomic mass is 9.99. The van der Waals surface area contributed by atoms with E-state index in [0.29, 0.717) is 47.5 Å². The van der Waals surface area contributed by atoms with Crippen molar-refractivity contribution in [2.24, 2.45) is 0 Å². The fourth-order valence-corrected chi connectivity index (χ4v) is 7.28. The van der Waals surface area contributed by atoms with Crippen LogP contribution in [0.3, 0.4) is 0 Å². The fraction of sp³-hybridized carbons (Fsp3) is 0.485. The van der Waals surface area contributed by atoms with Crippen LogP contribution in [0.5, 0.6) is 0 Å². The summed E-state index contributed by atoms with van der Waals surface area (Å²) in [5.41, 5.74) is 8.63. The Kier molecular flexibility index (Phi) is 7.90. The van der Waals surface area contributed by atoms with E-state index in [4.69, 9.17) is 4.74 Å². The van der Waals surface area contributed by atoms with Gasteiger partial charge in [-0.05, 0) is 69.8 Å². The molecule has 4 heterocycles. The Morgan fingerprint density at radius 3 is 2.44 bits per heavy atom. The van der Waals surface area contributed by atoms with Gasteiger partial charge in [-0.15, -0.1) is 0 Å². The van der Waals surface area contributed by atoms with Crippen molar-refractivity contribution in [3.8, 4) is 22.5 Å². The van der Waals surface area contributed by atoms with Gasteiger partial charge in [0.2, 0.25) is 0 Å². The topological polar surface area (TPSA) is 106 Å². The summed E-state index contributed by atoms with van der Waals surface area (Å²) in [5.74, 6) is -0.133. The van der Waals surface area contributed by atoms with Crippen LogP contribution >= 0.6 is 0 Å². The van der Waals surface area contributed by atoms with Crippen molar-refractivity contribution in [2.45, 2.75) is 57.0 Å². The molecule has 1 aliphatic carbocycles. The summed E-state index contributed by atoms with van der Waals surface area (Å²) < 4.78 is 5.43. The number of H-pyrrole nitrogens is 1. The number of anilines is 2. The molecule has 3 aromatic rings. The van der Waals surface area contributed by atoms with Crippen molar-refractivity contribution >= 4 is 23.2 Å². The van der Waals surface area contributed by atoms with E-state index < -0.39 is 0 Å². The van der Waals surface area contributed by atoms with Gasteiger partial charge in [-0.3, -0.25) is 15.3 Å². The minimum absolute atomic E-state index is 0.133. The monoisotopic (exact) mass is 583 g/mol. The Labute approximate surface area is 252 Å². The molecule has 0 unspecified atom stereocenters. The van der Waals surface area contributed by atoms with E-state index in [2.05, 4.69) is 55.0 Å². The first-order chi connectivity index (χ1) is 21.1. The summed E-state index contributed by atoms with van der Waals surface area (Å²) in [5, 5.41) is 12.4. The van der Waals surface area contributed by atoms with Crippen LogP contribution in [0.15, 0.2) is 42.5 Å². The molecule has 10 nitrogen and oxygen atoms in total. The Balaban J connectivity index is 1.03. The molecular weight excluding hydrogens is 542 g/mol. The maximum atomic E-state index is 13.8. The number of hydrogen-bond acceptors (Lipinski definition) is 7. The first-order valence-electron chi connectivity index (χ1n) is 15.8. The third-order valence-electron chi connectivity index (χ3n) is 9.70. The molecule has 0 atom stereocenters. The number of likely N-dealkylation sites (tertiary alicyclic amines) is 1. The lowest BCUT2D eigenvalue weighted by Gasteiger charge is -2.41. The number of ether oxygens (including phenoxy) is 1. The van der Waals surface area contributed by atoms with Gasteiger partial charge in [0.1, 0.15) is 5.69 Å². The highest BCUT2D eigenvalue weighted by Crippen LogP contribution is 2.43. The van der Waals surface area contributed by atoms with Crippen LogP contribution in [0.4, 0.5) is 16.2 Å². The molecule has 3 fully saturated rings. The predicted octanol–water partition coefficient (Wildman–Crippen LogP) is 4.89. The third kappa shape index (κ3) is 5.55. The van der Waals surface area contributed by atoms with E-state index in [9.17, 15) is 9.59 Å². The standard InChI is InChI=1S/C33H41N7O3/c1-38(23-14-20-43-21-15-23)37-33(42)34-27-7-5-6-26-28(27)32(41)29-30(35-36-31(26)29)22-8-10-24(11-9-22)40-18-12-25(13-19-40)39-16-3-2-4-17-39/h5-11,23,25H,2-4,12-21H2,1H3,(H,35,36)(H2,34,37,42). The molecule has 0 radical (unpaired) electrons. The summed E-state index contributed by atoms with van der Waals surface area (Å²) in [6, 6.07) is 14.5. The molecule has 0 bridgehead atoms. The van der Waals surface area contributed by atoms with Gasteiger partial charge < -0.3 is 19.9 Å². The Bertz CT molecular complexity index is 1470. The van der Waals surface area contributed by atoms with Crippen LogP contribution < -0.4 is 15.6 Å². The maximum Gasteiger partial charge on any atom is 0.333 e. The van der Waals surface area contributed by atoms with Crippen molar-refractivity contribution in [2.75, 3.05) is 56.7 Å². The second-order valence-electron chi connectivity index (χ2n) is 12.3. The van der Waals surface area contributed by atoms with Crippen LogP contribution in [0.1, 0.15) is 60.9 Å². The number of amides is 2. The number of rotatable bonds is 6. The number of piperidine rings is 2. The molecule has 0 saturated carbocycles. The van der Waals surface area contributed by atoms with Crippen LogP contribution in [-0.4, -0.2) is 90.4 Å². The van der Waals surface area contributed by atoms with Gasteiger partial charge in [-0.1, -0.05) is 30.7 Å². The zero-order valence-corrected chi connectivity index (χ0v) is 24.9. The van der Waals surface area contributed by atoms with Gasteiger partial charge in [0, 0.05) is 62.2 Å². The van der Waals surface area contributed by atoms with Crippen LogP contribution in [-0.2, 0) is 4.74 Å². The number of nitrogens with zero attached hydrogens (tertiary/aromatic N) is 4. The van der Waals surface area contributed by atoms with Crippen LogP contribution in [0, 0.1) is 0 Å². The number of aromatic amines is 1. The summed E-state index contributed by atoms with van der Waals surface area (Å²) >= 11 is 0. The van der Waals surface area contributed by atoms with Crippen molar-refractivity contribution < 1.29 is 14.3 Å². The minimum Gasteiger partial charge on any atom is -0.381 e. The largest absolute Gasteiger partial charge is 0.381 e. The summed E-state index contributed by atoms with van der Waals surface area (Å²) in [7, 11) is 1.86. The van der Waals surface area contributed by atoms with Crippen LogP contribution in [0.25, 0.3) is 22.5 Å². The summed E-state index contributed by atoms with van der Waals surface area (Å²) in [6.07, 6.45) is 8.20. The number of fused-ring (bicyclic) bond motifs is 3. The second kappa shape index (κ2) is 12.1. The molecule has 10 heteroatoms. The van der Waals surface area contributed by atoms with Gasteiger partial charge in [0.05, 0.1) is 22.5 Å². The zero-order chi connectivity index (χ0) is 29.3. The van der Waals surface area contributed by atoms with Crippen molar-refractivity contribution in [3.05, 3.63) is 53.6 Å². The van der Waals surface area contributed by atoms with E-state index in [1.54, 1.807) is 6.07 Å². The minimum atomic E-state index is -0.375.